The zero-order chi connectivity index (χ0) is 25.8. The molecule has 0 spiro atoms. The van der Waals surface area contributed by atoms with E-state index in [1.54, 1.807) is 18.5 Å². The number of benzene rings is 1. The number of H-pyrrole nitrogens is 1. The summed E-state index contributed by atoms with van der Waals surface area (Å²) in [6.45, 7) is 1.37. The van der Waals surface area contributed by atoms with Crippen LogP contribution in [0.4, 0.5) is 13.2 Å². The highest BCUT2D eigenvalue weighted by atomic mass is 19.4. The number of halogens is 3. The Morgan fingerprint density at radius 3 is 2.65 bits per heavy atom. The van der Waals surface area contributed by atoms with Crippen LogP contribution in [0.1, 0.15) is 31.2 Å². The summed E-state index contributed by atoms with van der Waals surface area (Å²) in [6.07, 6.45) is 2.64. The van der Waals surface area contributed by atoms with Crippen LogP contribution in [0.3, 0.4) is 0 Å². The van der Waals surface area contributed by atoms with Crippen LogP contribution in [0.2, 0.25) is 0 Å². The highest BCUT2D eigenvalue weighted by Crippen LogP contribution is 2.40. The number of nitrogens with zero attached hydrogens (tertiary/aromatic N) is 2. The SMILES string of the molecule is O=CCCOCCCOC1CC(Oc2ncc(-c3ccc4c(c3)[nH]c3ccncc34)cc2C(F)(F)F)C1. The first-order valence-corrected chi connectivity index (χ1v) is 12.1. The summed E-state index contributed by atoms with van der Waals surface area (Å²) in [7, 11) is 0. The number of rotatable bonds is 11. The molecule has 194 valence electrons. The van der Waals surface area contributed by atoms with Crippen molar-refractivity contribution in [2.45, 2.75) is 44.1 Å². The normalized spacial score (nSPS) is 17.7. The number of ether oxygens (including phenoxy) is 3. The van der Waals surface area contributed by atoms with Gasteiger partial charge >= 0.3 is 6.18 Å². The standard InChI is InChI=1S/C27H26F3N3O4/c28-27(29,30)23-11-18(17-3-4-21-22-16-31-6-5-24(22)33-25(21)12-17)15-32-26(23)37-20-13-19(14-20)36-10-2-9-35-8-1-7-34/h3-7,11-12,15-16,19-20,33H,1-2,8-10,13-14H2. The van der Waals surface area contributed by atoms with Gasteiger partial charge in [-0.3, -0.25) is 4.98 Å². The molecule has 0 atom stereocenters. The third-order valence-corrected chi connectivity index (χ3v) is 6.39. The van der Waals surface area contributed by atoms with Crippen molar-refractivity contribution in [1.29, 1.82) is 0 Å². The number of fused-ring (bicyclic) bond motifs is 3. The number of nitrogens with one attached hydrogen (secondary N) is 1. The van der Waals surface area contributed by atoms with Crippen molar-refractivity contribution in [1.82, 2.24) is 15.0 Å². The van der Waals surface area contributed by atoms with Gasteiger partial charge in [0.15, 0.2) is 0 Å². The van der Waals surface area contributed by atoms with E-state index in [-0.39, 0.29) is 12.2 Å². The Hall–Kier alpha value is -3.50. The minimum absolute atomic E-state index is 0.0631. The molecule has 7 nitrogen and oxygen atoms in total. The lowest BCUT2D eigenvalue weighted by molar-refractivity contribution is -0.141. The first-order valence-electron chi connectivity index (χ1n) is 12.1. The molecule has 1 saturated carbocycles. The molecular formula is C27H26F3N3O4. The molecule has 1 aliphatic rings. The van der Waals surface area contributed by atoms with Crippen molar-refractivity contribution in [2.75, 3.05) is 19.8 Å². The predicted octanol–water partition coefficient (Wildman–Crippen LogP) is 5.72. The van der Waals surface area contributed by atoms with Gasteiger partial charge in [-0.2, -0.15) is 13.2 Å². The Bertz CT molecular complexity index is 1380. The molecule has 3 heterocycles. The second kappa shape index (κ2) is 10.9. The average Bonchev–Trinajstić information content (AvgIpc) is 3.23. The molecule has 0 aliphatic heterocycles. The first-order chi connectivity index (χ1) is 17.9. The number of carbonyl (C=O) groups is 1. The molecule has 1 N–H and O–H groups in total. The Labute approximate surface area is 211 Å². The van der Waals surface area contributed by atoms with E-state index >= 15 is 0 Å². The van der Waals surface area contributed by atoms with Crippen LogP contribution in [0.15, 0.2) is 48.9 Å². The van der Waals surface area contributed by atoms with E-state index in [4.69, 9.17) is 14.2 Å². The van der Waals surface area contributed by atoms with Crippen molar-refractivity contribution in [3.05, 3.63) is 54.5 Å². The van der Waals surface area contributed by atoms with Gasteiger partial charge < -0.3 is 24.0 Å². The number of aromatic amines is 1. The fourth-order valence-electron chi connectivity index (χ4n) is 4.38. The van der Waals surface area contributed by atoms with Crippen LogP contribution in [0, 0.1) is 0 Å². The Morgan fingerprint density at radius 2 is 1.84 bits per heavy atom. The molecule has 0 unspecified atom stereocenters. The van der Waals surface area contributed by atoms with Gasteiger partial charge in [-0.25, -0.2) is 4.98 Å². The minimum atomic E-state index is -4.61. The maximum atomic E-state index is 13.9. The van der Waals surface area contributed by atoms with Gasteiger partial charge in [0.05, 0.1) is 12.7 Å². The summed E-state index contributed by atoms with van der Waals surface area (Å²) in [4.78, 5) is 21.7. The Morgan fingerprint density at radius 1 is 0.973 bits per heavy atom. The number of hydrogen-bond acceptors (Lipinski definition) is 6. The second-order valence-corrected chi connectivity index (χ2v) is 9.01. The maximum Gasteiger partial charge on any atom is 0.421 e. The summed E-state index contributed by atoms with van der Waals surface area (Å²) in [6, 6.07) is 8.41. The summed E-state index contributed by atoms with van der Waals surface area (Å²) in [5.41, 5.74) is 1.78. The van der Waals surface area contributed by atoms with E-state index in [1.165, 1.54) is 6.20 Å². The third kappa shape index (κ3) is 5.75. The largest absolute Gasteiger partial charge is 0.474 e. The zero-order valence-electron chi connectivity index (χ0n) is 20.0. The van der Waals surface area contributed by atoms with Crippen LogP contribution >= 0.6 is 0 Å². The van der Waals surface area contributed by atoms with Crippen molar-refractivity contribution in [2.24, 2.45) is 0 Å². The molecule has 0 radical (unpaired) electrons. The van der Waals surface area contributed by atoms with E-state index in [2.05, 4.69) is 15.0 Å². The lowest BCUT2D eigenvalue weighted by Crippen LogP contribution is -2.40. The molecule has 37 heavy (non-hydrogen) atoms. The minimum Gasteiger partial charge on any atom is -0.474 e. The lowest BCUT2D eigenvalue weighted by Gasteiger charge is -2.35. The van der Waals surface area contributed by atoms with Crippen molar-refractivity contribution < 1.29 is 32.2 Å². The number of hydrogen-bond donors (Lipinski definition) is 1. The molecular weight excluding hydrogens is 487 g/mol. The molecule has 4 aromatic rings. The van der Waals surface area contributed by atoms with E-state index in [0.29, 0.717) is 56.6 Å². The van der Waals surface area contributed by atoms with E-state index < -0.39 is 17.6 Å². The highest BCUT2D eigenvalue weighted by molar-refractivity contribution is 6.07. The fourth-order valence-corrected chi connectivity index (χ4v) is 4.38. The monoisotopic (exact) mass is 513 g/mol. The van der Waals surface area contributed by atoms with E-state index in [1.807, 2.05) is 18.2 Å². The van der Waals surface area contributed by atoms with Gasteiger partial charge in [-0.15, -0.1) is 0 Å². The number of pyridine rings is 2. The number of carbonyl (C=O) groups excluding carboxylic acids is 1. The Balaban J connectivity index is 1.23. The predicted molar refractivity (Wildman–Crippen MR) is 131 cm³/mol. The average molecular weight is 514 g/mol. The van der Waals surface area contributed by atoms with Gasteiger partial charge in [-0.05, 0) is 30.2 Å². The van der Waals surface area contributed by atoms with Crippen LogP contribution < -0.4 is 4.74 Å². The molecule has 1 aromatic carbocycles. The molecule has 1 fully saturated rings. The van der Waals surface area contributed by atoms with Crippen LogP contribution in [0.5, 0.6) is 5.88 Å². The van der Waals surface area contributed by atoms with Gasteiger partial charge in [-0.1, -0.05) is 12.1 Å². The number of aldehydes is 1. The van der Waals surface area contributed by atoms with Crippen LogP contribution in [-0.4, -0.2) is 53.3 Å². The van der Waals surface area contributed by atoms with Gasteiger partial charge in [0, 0.05) is 78.4 Å². The van der Waals surface area contributed by atoms with Crippen LogP contribution in [-0.2, 0) is 20.4 Å². The molecule has 1 aliphatic carbocycles. The summed E-state index contributed by atoms with van der Waals surface area (Å²) >= 11 is 0. The quantitative estimate of drug-likeness (QED) is 0.204. The van der Waals surface area contributed by atoms with Gasteiger partial charge in [0.1, 0.15) is 18.0 Å². The van der Waals surface area contributed by atoms with E-state index in [9.17, 15) is 18.0 Å². The number of aromatic nitrogens is 3. The Kier molecular flexibility index (Phi) is 7.38. The first kappa shape index (κ1) is 25.2. The smallest absolute Gasteiger partial charge is 0.421 e. The molecule has 0 amide bonds. The molecule has 0 bridgehead atoms. The third-order valence-electron chi connectivity index (χ3n) is 6.39. The number of alkyl halides is 3. The fraction of sp³-hybridized carbons (Fsp3) is 0.370. The van der Waals surface area contributed by atoms with Gasteiger partial charge in [0.25, 0.3) is 0 Å². The zero-order valence-corrected chi connectivity index (χ0v) is 20.0. The topological polar surface area (TPSA) is 86.3 Å². The van der Waals surface area contributed by atoms with Crippen LogP contribution in [0.25, 0.3) is 32.9 Å². The van der Waals surface area contributed by atoms with Crippen molar-refractivity contribution >= 4 is 28.1 Å². The maximum absolute atomic E-state index is 13.9. The highest BCUT2D eigenvalue weighted by Gasteiger charge is 2.39. The lowest BCUT2D eigenvalue weighted by atomic mass is 9.92. The van der Waals surface area contributed by atoms with Crippen molar-refractivity contribution in [3.63, 3.8) is 0 Å². The van der Waals surface area contributed by atoms with E-state index in [0.717, 1.165) is 34.2 Å². The van der Waals surface area contributed by atoms with Crippen molar-refractivity contribution in [3.8, 4) is 17.0 Å². The van der Waals surface area contributed by atoms with Gasteiger partial charge in [0.2, 0.25) is 5.88 Å². The molecule has 3 aromatic heterocycles. The summed E-state index contributed by atoms with van der Waals surface area (Å²) < 4.78 is 58.3. The molecule has 10 heteroatoms. The summed E-state index contributed by atoms with van der Waals surface area (Å²) in [5.74, 6) is -0.416. The molecule has 5 rings (SSSR count). The summed E-state index contributed by atoms with van der Waals surface area (Å²) in [5, 5.41) is 1.90. The molecule has 0 saturated heterocycles. The second-order valence-electron chi connectivity index (χ2n) is 9.01.